The molecule has 2 aromatic carbocycles. The first-order valence-corrected chi connectivity index (χ1v) is 7.85. The fourth-order valence-electron chi connectivity index (χ4n) is 1.91. The van der Waals surface area contributed by atoms with Crippen LogP contribution in [0.5, 0.6) is 0 Å². The van der Waals surface area contributed by atoms with Crippen LogP contribution in [-0.2, 0) is 0 Å². The lowest BCUT2D eigenvalue weighted by molar-refractivity contribution is 0.612. The summed E-state index contributed by atoms with van der Waals surface area (Å²) in [6, 6.07) is 8.85. The van der Waals surface area contributed by atoms with Crippen LogP contribution in [0.2, 0.25) is 5.02 Å². The number of hydrogen-bond acceptors (Lipinski definition) is 0. The van der Waals surface area contributed by atoms with E-state index in [4.69, 9.17) is 11.6 Å². The van der Waals surface area contributed by atoms with Crippen molar-refractivity contribution in [2.24, 2.45) is 0 Å². The number of alkyl halides is 1. The molecule has 0 aliphatic heterocycles. The van der Waals surface area contributed by atoms with Gasteiger partial charge < -0.3 is 0 Å². The third-order valence-corrected chi connectivity index (χ3v) is 5.11. The van der Waals surface area contributed by atoms with Crippen LogP contribution in [0.3, 0.4) is 0 Å². The molecule has 0 fully saturated rings. The van der Waals surface area contributed by atoms with Gasteiger partial charge in [0.15, 0.2) is 0 Å². The Hall–Kier alpha value is -0.380. The molecule has 2 aromatic rings. The van der Waals surface area contributed by atoms with Crippen molar-refractivity contribution >= 4 is 43.5 Å². The molecule has 0 saturated carbocycles. The van der Waals surface area contributed by atoms with E-state index in [1.807, 2.05) is 32.0 Å². The van der Waals surface area contributed by atoms with Crippen molar-refractivity contribution in [1.29, 1.82) is 0 Å². The molecular formula is C15H12Br2ClF. The minimum absolute atomic E-state index is 0.259. The quantitative estimate of drug-likeness (QED) is 0.510. The van der Waals surface area contributed by atoms with E-state index < -0.39 is 0 Å². The molecule has 2 rings (SSSR count). The molecular weight excluding hydrogens is 394 g/mol. The maximum atomic E-state index is 14.0. The zero-order valence-corrected chi connectivity index (χ0v) is 14.4. The van der Waals surface area contributed by atoms with Gasteiger partial charge in [0, 0.05) is 15.1 Å². The van der Waals surface area contributed by atoms with Crippen molar-refractivity contribution in [1.82, 2.24) is 0 Å². The van der Waals surface area contributed by atoms with Crippen LogP contribution in [0, 0.1) is 19.7 Å². The number of benzene rings is 2. The monoisotopic (exact) mass is 404 g/mol. The molecule has 4 heteroatoms. The zero-order chi connectivity index (χ0) is 14.2. The topological polar surface area (TPSA) is 0 Å². The molecule has 0 bridgehead atoms. The van der Waals surface area contributed by atoms with Crippen molar-refractivity contribution in [3.05, 3.63) is 67.9 Å². The van der Waals surface area contributed by atoms with Crippen LogP contribution >= 0.6 is 43.5 Å². The summed E-state index contributed by atoms with van der Waals surface area (Å²) < 4.78 is 14.7. The summed E-state index contributed by atoms with van der Waals surface area (Å²) in [6.07, 6.45) is 0. The molecule has 0 radical (unpaired) electrons. The molecule has 19 heavy (non-hydrogen) atoms. The van der Waals surface area contributed by atoms with Gasteiger partial charge in [-0.15, -0.1) is 0 Å². The Balaban J connectivity index is 2.56. The van der Waals surface area contributed by atoms with Gasteiger partial charge in [-0.3, -0.25) is 0 Å². The predicted octanol–water partition coefficient (Wildman–Crippen LogP) is 6.34. The molecule has 0 saturated heterocycles. The van der Waals surface area contributed by atoms with E-state index in [0.29, 0.717) is 10.6 Å². The lowest BCUT2D eigenvalue weighted by Crippen LogP contribution is -2.00. The lowest BCUT2D eigenvalue weighted by Gasteiger charge is -2.16. The maximum absolute atomic E-state index is 14.0. The van der Waals surface area contributed by atoms with Crippen LogP contribution in [0.25, 0.3) is 0 Å². The molecule has 0 amide bonds. The van der Waals surface area contributed by atoms with E-state index in [0.717, 1.165) is 21.2 Å². The number of rotatable bonds is 2. The number of aryl methyl sites for hydroxylation is 2. The fraction of sp³-hybridized carbons (Fsp3) is 0.200. The van der Waals surface area contributed by atoms with Gasteiger partial charge >= 0.3 is 0 Å². The molecule has 0 nitrogen and oxygen atoms in total. The summed E-state index contributed by atoms with van der Waals surface area (Å²) in [5.74, 6) is -0.259. The van der Waals surface area contributed by atoms with E-state index >= 15 is 0 Å². The Morgan fingerprint density at radius 3 is 2.42 bits per heavy atom. The summed E-state index contributed by atoms with van der Waals surface area (Å²) in [5.41, 5.74) is 3.69. The average Bonchev–Trinajstić information content (AvgIpc) is 2.33. The Kier molecular flexibility index (Phi) is 4.70. The summed E-state index contributed by atoms with van der Waals surface area (Å²) >= 11 is 13.2. The zero-order valence-electron chi connectivity index (χ0n) is 10.5. The number of hydrogen-bond donors (Lipinski definition) is 0. The Bertz CT molecular complexity index is 606. The smallest absolute Gasteiger partial charge is 0.129 e. The molecule has 0 spiro atoms. The first-order chi connectivity index (χ1) is 8.91. The highest BCUT2D eigenvalue weighted by Crippen LogP contribution is 2.40. The molecule has 0 aromatic heterocycles. The van der Waals surface area contributed by atoms with E-state index in [9.17, 15) is 4.39 Å². The highest BCUT2D eigenvalue weighted by atomic mass is 79.9. The molecule has 1 unspecified atom stereocenters. The van der Waals surface area contributed by atoms with Crippen LogP contribution in [0.1, 0.15) is 27.1 Å². The molecule has 0 heterocycles. The summed E-state index contributed by atoms with van der Waals surface area (Å²) in [4.78, 5) is -0.283. The molecule has 1 atom stereocenters. The van der Waals surface area contributed by atoms with E-state index in [1.165, 1.54) is 6.07 Å². The predicted molar refractivity (Wildman–Crippen MR) is 85.8 cm³/mol. The summed E-state index contributed by atoms with van der Waals surface area (Å²) in [7, 11) is 0. The van der Waals surface area contributed by atoms with E-state index in [1.54, 1.807) is 6.07 Å². The van der Waals surface area contributed by atoms with Crippen LogP contribution in [-0.4, -0.2) is 0 Å². The van der Waals surface area contributed by atoms with E-state index in [2.05, 4.69) is 31.9 Å². The van der Waals surface area contributed by atoms with Gasteiger partial charge in [0.05, 0.1) is 4.83 Å². The summed E-state index contributed by atoms with van der Waals surface area (Å²) in [6.45, 7) is 4.03. The van der Waals surface area contributed by atoms with Crippen molar-refractivity contribution < 1.29 is 4.39 Å². The SMILES string of the molecule is Cc1cc(Cl)c(C(Br)c2c(F)cccc2Br)cc1C. The van der Waals surface area contributed by atoms with Gasteiger partial charge in [-0.2, -0.15) is 0 Å². The van der Waals surface area contributed by atoms with Crippen LogP contribution in [0.4, 0.5) is 4.39 Å². The Morgan fingerprint density at radius 2 is 1.79 bits per heavy atom. The maximum Gasteiger partial charge on any atom is 0.129 e. The fourth-order valence-corrected chi connectivity index (χ4v) is 4.09. The van der Waals surface area contributed by atoms with Gasteiger partial charge in [-0.05, 0) is 48.7 Å². The third-order valence-electron chi connectivity index (χ3n) is 3.14. The lowest BCUT2D eigenvalue weighted by atomic mass is 10.00. The van der Waals surface area contributed by atoms with Gasteiger partial charge in [0.2, 0.25) is 0 Å². The second-order valence-electron chi connectivity index (χ2n) is 4.46. The van der Waals surface area contributed by atoms with Crippen molar-refractivity contribution in [3.8, 4) is 0 Å². The molecule has 0 aliphatic carbocycles. The van der Waals surface area contributed by atoms with Crippen molar-refractivity contribution in [2.45, 2.75) is 18.7 Å². The minimum atomic E-state index is -0.283. The molecule has 100 valence electrons. The van der Waals surface area contributed by atoms with Crippen LogP contribution in [0.15, 0.2) is 34.8 Å². The van der Waals surface area contributed by atoms with Gasteiger partial charge in [0.1, 0.15) is 5.82 Å². The van der Waals surface area contributed by atoms with Crippen molar-refractivity contribution in [3.63, 3.8) is 0 Å². The standard InChI is InChI=1S/C15H12Br2ClF/c1-8-6-10(12(18)7-9(8)2)15(17)14-11(16)4-3-5-13(14)19/h3-7,15H,1-2H3. The molecule has 0 N–H and O–H groups in total. The minimum Gasteiger partial charge on any atom is -0.207 e. The molecule has 0 aliphatic rings. The average molecular weight is 407 g/mol. The summed E-state index contributed by atoms with van der Waals surface area (Å²) in [5, 5.41) is 0.639. The highest BCUT2D eigenvalue weighted by molar-refractivity contribution is 9.11. The second-order valence-corrected chi connectivity index (χ2v) is 6.63. The second kappa shape index (κ2) is 5.94. The largest absolute Gasteiger partial charge is 0.207 e. The number of halogens is 4. The van der Waals surface area contributed by atoms with Gasteiger partial charge in [0.25, 0.3) is 0 Å². The van der Waals surface area contributed by atoms with Crippen LogP contribution < -0.4 is 0 Å². The first kappa shape index (κ1) is 15.0. The Labute approximate surface area is 134 Å². The van der Waals surface area contributed by atoms with E-state index in [-0.39, 0.29) is 10.6 Å². The third kappa shape index (κ3) is 3.04. The van der Waals surface area contributed by atoms with Crippen molar-refractivity contribution in [2.75, 3.05) is 0 Å². The first-order valence-electron chi connectivity index (χ1n) is 5.76. The normalized spacial score (nSPS) is 12.5. The highest BCUT2D eigenvalue weighted by Gasteiger charge is 2.20. The Morgan fingerprint density at radius 1 is 1.16 bits per heavy atom. The van der Waals surface area contributed by atoms with Gasteiger partial charge in [-0.25, -0.2) is 4.39 Å². The van der Waals surface area contributed by atoms with Gasteiger partial charge in [-0.1, -0.05) is 55.6 Å².